The first kappa shape index (κ1) is 25.8. The van der Waals surface area contributed by atoms with Gasteiger partial charge in [0.05, 0.1) is 23.5 Å². The van der Waals surface area contributed by atoms with E-state index in [1.165, 1.54) is 41.0 Å². The van der Waals surface area contributed by atoms with Crippen LogP contribution in [0.3, 0.4) is 0 Å². The maximum absolute atomic E-state index is 14.3. The van der Waals surface area contributed by atoms with Crippen LogP contribution in [-0.4, -0.2) is 25.7 Å². The van der Waals surface area contributed by atoms with Crippen molar-refractivity contribution in [3.8, 4) is 10.7 Å². The van der Waals surface area contributed by atoms with E-state index < -0.39 is 29.5 Å². The minimum absolute atomic E-state index is 0.0431. The highest BCUT2D eigenvalue weighted by atomic mass is 32.1. The summed E-state index contributed by atoms with van der Waals surface area (Å²) >= 11 is 1.42. The van der Waals surface area contributed by atoms with Crippen LogP contribution in [0.4, 0.5) is 17.6 Å². The molecule has 36 heavy (non-hydrogen) atoms. The van der Waals surface area contributed by atoms with E-state index in [1.54, 1.807) is 18.2 Å². The Kier molecular flexibility index (Phi) is 7.43. The topological polar surface area (TPSA) is 72.1 Å². The van der Waals surface area contributed by atoms with Crippen LogP contribution in [0.25, 0.3) is 10.7 Å². The maximum Gasteiger partial charge on any atom is 0.416 e. The number of aromatic nitrogens is 3. The summed E-state index contributed by atoms with van der Waals surface area (Å²) in [6.45, 7) is 2.94. The third-order valence-corrected chi connectivity index (χ3v) is 6.79. The van der Waals surface area contributed by atoms with E-state index in [1.807, 2.05) is 19.1 Å². The molecule has 11 heteroatoms. The van der Waals surface area contributed by atoms with Gasteiger partial charge in [0.1, 0.15) is 12.0 Å². The molecule has 4 aromatic rings. The number of nitrogens with one attached hydrogen (secondary N) is 1. The molecule has 0 amide bonds. The number of rotatable bonds is 8. The molecule has 0 saturated carbocycles. The van der Waals surface area contributed by atoms with E-state index in [-0.39, 0.29) is 25.2 Å². The number of halogens is 4. The van der Waals surface area contributed by atoms with Crippen LogP contribution in [0.1, 0.15) is 27.1 Å². The molecule has 0 radical (unpaired) electrons. The summed E-state index contributed by atoms with van der Waals surface area (Å²) in [7, 11) is 0. The minimum atomic E-state index is -4.48. The van der Waals surface area contributed by atoms with Crippen LogP contribution < -0.4 is 11.0 Å². The fourth-order valence-corrected chi connectivity index (χ4v) is 4.74. The summed E-state index contributed by atoms with van der Waals surface area (Å²) in [5, 5.41) is 17.6. The highest BCUT2D eigenvalue weighted by molar-refractivity contribution is 7.15. The fraction of sp³-hybridized carbons (Fsp3) is 0.280. The van der Waals surface area contributed by atoms with Crippen molar-refractivity contribution in [2.75, 3.05) is 0 Å². The monoisotopic (exact) mass is 520 g/mol. The molecule has 4 rings (SSSR count). The number of benzene rings is 2. The minimum Gasteiger partial charge on any atom is -0.377 e. The Morgan fingerprint density at radius 1 is 1.06 bits per heavy atom. The molecule has 0 bridgehead atoms. The fourth-order valence-electron chi connectivity index (χ4n) is 3.87. The van der Waals surface area contributed by atoms with Crippen molar-refractivity contribution in [2.45, 2.75) is 45.9 Å². The van der Waals surface area contributed by atoms with E-state index in [9.17, 15) is 27.5 Å². The molecule has 2 aromatic heterocycles. The molecule has 0 spiro atoms. The molecular weight excluding hydrogens is 496 g/mol. The van der Waals surface area contributed by atoms with Gasteiger partial charge in [-0.1, -0.05) is 30.3 Å². The summed E-state index contributed by atoms with van der Waals surface area (Å²) in [6.07, 6.45) is -5.75. The van der Waals surface area contributed by atoms with E-state index in [4.69, 9.17) is 0 Å². The molecule has 2 N–H and O–H groups in total. The Hall–Kier alpha value is -3.28. The summed E-state index contributed by atoms with van der Waals surface area (Å²) in [5.41, 5.74) is -0.541. The summed E-state index contributed by atoms with van der Waals surface area (Å²) in [6, 6.07) is 13.7. The van der Waals surface area contributed by atoms with Crippen molar-refractivity contribution in [3.63, 3.8) is 0 Å². The zero-order valence-corrected chi connectivity index (χ0v) is 20.3. The average molecular weight is 521 g/mol. The highest BCUT2D eigenvalue weighted by Gasteiger charge is 2.32. The molecule has 0 fully saturated rings. The molecule has 0 aliphatic carbocycles. The second-order valence-electron chi connectivity index (χ2n) is 8.36. The van der Waals surface area contributed by atoms with E-state index in [2.05, 4.69) is 10.4 Å². The largest absolute Gasteiger partial charge is 0.416 e. The lowest BCUT2D eigenvalue weighted by atomic mass is 10.0. The molecule has 2 aromatic carbocycles. The summed E-state index contributed by atoms with van der Waals surface area (Å²) in [4.78, 5) is 14.9. The Morgan fingerprint density at radius 2 is 1.78 bits per heavy atom. The molecule has 2 heterocycles. The molecule has 0 saturated heterocycles. The lowest BCUT2D eigenvalue weighted by Gasteiger charge is -2.16. The number of thiophene rings is 1. The molecule has 1 unspecified atom stereocenters. The summed E-state index contributed by atoms with van der Waals surface area (Å²) in [5.74, 6) is -0.120. The molecule has 0 aliphatic heterocycles. The van der Waals surface area contributed by atoms with E-state index in [0.717, 1.165) is 15.6 Å². The smallest absolute Gasteiger partial charge is 0.377 e. The van der Waals surface area contributed by atoms with Crippen molar-refractivity contribution in [1.82, 2.24) is 19.7 Å². The maximum atomic E-state index is 14.3. The average Bonchev–Trinajstić information content (AvgIpc) is 3.37. The number of aliphatic hydroxyl groups is 1. The zero-order chi connectivity index (χ0) is 26.0. The van der Waals surface area contributed by atoms with Gasteiger partial charge in [-0.3, -0.25) is 9.88 Å². The first-order chi connectivity index (χ1) is 17.0. The zero-order valence-electron chi connectivity index (χ0n) is 19.5. The molecule has 190 valence electrons. The summed E-state index contributed by atoms with van der Waals surface area (Å²) < 4.78 is 56.3. The Bertz CT molecular complexity index is 1420. The van der Waals surface area contributed by atoms with Gasteiger partial charge in [0.15, 0.2) is 5.82 Å². The number of alkyl halides is 3. The van der Waals surface area contributed by atoms with Crippen LogP contribution in [0.5, 0.6) is 0 Å². The van der Waals surface area contributed by atoms with Gasteiger partial charge in [0.2, 0.25) is 0 Å². The lowest BCUT2D eigenvalue weighted by molar-refractivity contribution is -0.138. The quantitative estimate of drug-likeness (QED) is 0.261. The Balaban J connectivity index is 1.57. The molecule has 0 aliphatic rings. The van der Waals surface area contributed by atoms with Crippen molar-refractivity contribution < 1.29 is 22.7 Å². The second kappa shape index (κ2) is 10.4. The lowest BCUT2D eigenvalue weighted by Crippen LogP contribution is -2.37. The van der Waals surface area contributed by atoms with Crippen molar-refractivity contribution in [3.05, 3.63) is 98.0 Å². The van der Waals surface area contributed by atoms with Crippen LogP contribution in [-0.2, 0) is 25.8 Å². The van der Waals surface area contributed by atoms with Crippen LogP contribution in [0.2, 0.25) is 0 Å². The highest BCUT2D eigenvalue weighted by Crippen LogP contribution is 2.33. The Morgan fingerprint density at radius 3 is 2.44 bits per heavy atom. The van der Waals surface area contributed by atoms with Gasteiger partial charge in [-0.25, -0.2) is 13.9 Å². The standard InChI is InChI=1S/C25H24F4N4O2S/c1-15-10-11-21(36-15)23-31-33(24(35)32(23)13-18-6-3-4-9-20(18)26)14-22(34)30-12-17-7-5-8-19(16(17)2)25(27,28)29/h3-11,22,30,34H,12-14H2,1-2H3. The Labute approximate surface area is 208 Å². The third kappa shape index (κ3) is 5.58. The predicted octanol–water partition coefficient (Wildman–Crippen LogP) is 4.70. The van der Waals surface area contributed by atoms with Gasteiger partial charge in [-0.05, 0) is 49.2 Å². The van der Waals surface area contributed by atoms with Crippen molar-refractivity contribution in [2.24, 2.45) is 0 Å². The molecular formula is C25H24F4N4O2S. The van der Waals surface area contributed by atoms with Gasteiger partial charge in [0, 0.05) is 17.0 Å². The first-order valence-corrected chi connectivity index (χ1v) is 11.9. The number of aliphatic hydroxyl groups excluding tert-OH is 1. The number of nitrogens with zero attached hydrogens (tertiary/aromatic N) is 3. The first-order valence-electron chi connectivity index (χ1n) is 11.1. The van der Waals surface area contributed by atoms with Gasteiger partial charge >= 0.3 is 11.9 Å². The van der Waals surface area contributed by atoms with Crippen molar-refractivity contribution >= 4 is 11.3 Å². The third-order valence-electron chi connectivity index (χ3n) is 5.80. The van der Waals surface area contributed by atoms with Gasteiger partial charge < -0.3 is 5.11 Å². The normalized spacial score (nSPS) is 12.8. The van der Waals surface area contributed by atoms with Crippen molar-refractivity contribution in [1.29, 1.82) is 0 Å². The number of aryl methyl sites for hydroxylation is 1. The number of hydrogen-bond acceptors (Lipinski definition) is 5. The second-order valence-corrected chi connectivity index (χ2v) is 9.65. The molecule has 6 nitrogen and oxygen atoms in total. The van der Waals surface area contributed by atoms with Gasteiger partial charge in [-0.15, -0.1) is 16.4 Å². The van der Waals surface area contributed by atoms with Gasteiger partial charge in [-0.2, -0.15) is 13.2 Å². The molecule has 1 atom stereocenters. The SMILES string of the molecule is Cc1ccc(-c2nn(CC(O)NCc3cccc(C(F)(F)F)c3C)c(=O)n2Cc2ccccc2F)s1. The van der Waals surface area contributed by atoms with Crippen LogP contribution in [0.15, 0.2) is 59.4 Å². The van der Waals surface area contributed by atoms with Gasteiger partial charge in [0.25, 0.3) is 0 Å². The van der Waals surface area contributed by atoms with E-state index in [0.29, 0.717) is 21.8 Å². The van der Waals surface area contributed by atoms with Crippen LogP contribution >= 0.6 is 11.3 Å². The van der Waals surface area contributed by atoms with Crippen LogP contribution in [0, 0.1) is 19.7 Å². The van der Waals surface area contributed by atoms with E-state index >= 15 is 0 Å². The predicted molar refractivity (Wildman–Crippen MR) is 129 cm³/mol. The number of hydrogen-bond donors (Lipinski definition) is 2.